The first-order valence-electron chi connectivity index (χ1n) is 9.99. The van der Waals surface area contributed by atoms with Crippen LogP contribution in [0.3, 0.4) is 0 Å². The topological polar surface area (TPSA) is 38.3 Å². The summed E-state index contributed by atoms with van der Waals surface area (Å²) in [5, 5.41) is 0. The van der Waals surface area contributed by atoms with Crippen LogP contribution < -0.4 is 4.72 Å². The van der Waals surface area contributed by atoms with Gasteiger partial charge >= 0.3 is 0 Å². The lowest BCUT2D eigenvalue weighted by molar-refractivity contribution is -0.143. The van der Waals surface area contributed by atoms with Gasteiger partial charge in [0.1, 0.15) is 4.75 Å². The predicted octanol–water partition coefficient (Wildman–Crippen LogP) is 4.11. The summed E-state index contributed by atoms with van der Waals surface area (Å²) < 4.78 is 16.2. The number of nitrogens with zero attached hydrogens (tertiary/aromatic N) is 1. The standard InChI is InChI=1S/C20H38N2OS/c1-18(2,3)22-13-11-20(12-14-22)16-10-8-7-9-15(16)17(20)21-24(23)19(4,5)6/h15-17,21H,7-14H2,1-6H3/t15-,16?,17?,24-/m1/s1. The zero-order valence-electron chi connectivity index (χ0n) is 16.7. The minimum atomic E-state index is -0.948. The van der Waals surface area contributed by atoms with Gasteiger partial charge in [-0.2, -0.15) is 0 Å². The van der Waals surface area contributed by atoms with Gasteiger partial charge in [0.05, 0.1) is 6.04 Å². The fraction of sp³-hybridized carbons (Fsp3) is 1.00. The van der Waals surface area contributed by atoms with Crippen molar-refractivity contribution in [2.24, 2.45) is 17.3 Å². The summed E-state index contributed by atoms with van der Waals surface area (Å²) in [6.45, 7) is 15.7. The Hall–Kier alpha value is 0.230. The Bertz CT molecular complexity index is 446. The van der Waals surface area contributed by atoms with Crippen LogP contribution in [0.4, 0.5) is 0 Å². The van der Waals surface area contributed by atoms with Crippen molar-refractivity contribution in [3.05, 3.63) is 0 Å². The van der Waals surface area contributed by atoms with E-state index in [1.807, 2.05) is 0 Å². The minimum absolute atomic E-state index is 0.174. The van der Waals surface area contributed by atoms with Crippen LogP contribution in [-0.2, 0) is 11.4 Å². The molecule has 4 heteroatoms. The van der Waals surface area contributed by atoms with Crippen molar-refractivity contribution in [1.82, 2.24) is 9.62 Å². The molecule has 3 aliphatic rings. The molecule has 0 radical (unpaired) electrons. The summed E-state index contributed by atoms with van der Waals surface area (Å²) in [5.41, 5.74) is 0.683. The second-order valence-corrected chi connectivity index (χ2v) is 12.4. The molecule has 24 heavy (non-hydrogen) atoms. The SMILES string of the molecule is CC(C)(C)N1CCC2(CC1)C1CCCC[C@H]1C2N[S@+]([O-])C(C)(C)C. The number of hydrogen-bond donors (Lipinski definition) is 1. The maximum Gasteiger partial charge on any atom is 0.136 e. The van der Waals surface area contributed by atoms with Crippen LogP contribution in [0.25, 0.3) is 0 Å². The molecule has 2 unspecified atom stereocenters. The Morgan fingerprint density at radius 3 is 2.12 bits per heavy atom. The number of rotatable bonds is 2. The second-order valence-electron chi connectivity index (χ2n) is 10.4. The summed E-state index contributed by atoms with van der Waals surface area (Å²) in [6, 6.07) is 0.477. The maximum atomic E-state index is 12.8. The van der Waals surface area contributed by atoms with Crippen molar-refractivity contribution in [2.75, 3.05) is 13.1 Å². The summed E-state index contributed by atoms with van der Waals surface area (Å²) in [4.78, 5) is 2.65. The van der Waals surface area contributed by atoms with Crippen molar-refractivity contribution in [3.8, 4) is 0 Å². The van der Waals surface area contributed by atoms with Crippen molar-refractivity contribution >= 4 is 11.4 Å². The van der Waals surface area contributed by atoms with E-state index in [4.69, 9.17) is 0 Å². The van der Waals surface area contributed by atoms with E-state index in [1.165, 1.54) is 51.6 Å². The molecule has 1 saturated heterocycles. The smallest absolute Gasteiger partial charge is 0.136 e. The number of nitrogens with one attached hydrogen (secondary N) is 1. The molecular formula is C20H38N2OS. The second kappa shape index (κ2) is 6.44. The highest BCUT2D eigenvalue weighted by atomic mass is 32.2. The largest absolute Gasteiger partial charge is 0.598 e. The van der Waals surface area contributed by atoms with Gasteiger partial charge in [0, 0.05) is 16.9 Å². The first kappa shape index (κ1) is 19.0. The molecule has 0 aromatic rings. The van der Waals surface area contributed by atoms with Crippen LogP contribution in [0.15, 0.2) is 0 Å². The average molecular weight is 355 g/mol. The van der Waals surface area contributed by atoms with Crippen molar-refractivity contribution < 1.29 is 4.55 Å². The van der Waals surface area contributed by atoms with Crippen LogP contribution in [0, 0.1) is 17.3 Å². The van der Waals surface area contributed by atoms with E-state index in [0.717, 1.165) is 11.8 Å². The molecule has 3 nitrogen and oxygen atoms in total. The molecule has 0 aromatic carbocycles. The number of piperidine rings is 1. The van der Waals surface area contributed by atoms with Crippen molar-refractivity contribution in [3.63, 3.8) is 0 Å². The van der Waals surface area contributed by atoms with Gasteiger partial charge in [-0.25, -0.2) is 0 Å². The number of hydrogen-bond acceptors (Lipinski definition) is 3. The van der Waals surface area contributed by atoms with E-state index in [0.29, 0.717) is 11.5 Å². The quantitative estimate of drug-likeness (QED) is 0.759. The number of likely N-dealkylation sites (tertiary alicyclic amines) is 1. The predicted molar refractivity (Wildman–Crippen MR) is 103 cm³/mol. The fourth-order valence-electron chi connectivity index (χ4n) is 5.58. The number of fused-ring (bicyclic) bond motifs is 2. The fourth-order valence-corrected chi connectivity index (χ4v) is 6.58. The molecule has 0 bridgehead atoms. The molecular weight excluding hydrogens is 316 g/mol. The van der Waals surface area contributed by atoms with Gasteiger partial charge in [0.2, 0.25) is 0 Å². The molecule has 1 heterocycles. The highest BCUT2D eigenvalue weighted by Crippen LogP contribution is 2.62. The Morgan fingerprint density at radius 2 is 1.58 bits per heavy atom. The van der Waals surface area contributed by atoms with Gasteiger partial charge in [-0.3, -0.25) is 4.90 Å². The maximum absolute atomic E-state index is 12.8. The summed E-state index contributed by atoms with van der Waals surface area (Å²) >= 11 is -0.948. The lowest BCUT2D eigenvalue weighted by Gasteiger charge is -2.66. The molecule has 0 aromatic heterocycles. The monoisotopic (exact) mass is 354 g/mol. The van der Waals surface area contributed by atoms with Crippen LogP contribution in [-0.4, -0.2) is 38.9 Å². The summed E-state index contributed by atoms with van der Waals surface area (Å²) in [5.74, 6) is 1.65. The van der Waals surface area contributed by atoms with Gasteiger partial charge < -0.3 is 4.55 Å². The Morgan fingerprint density at radius 1 is 1.00 bits per heavy atom. The zero-order chi connectivity index (χ0) is 17.8. The van der Waals surface area contributed by atoms with Crippen LogP contribution in [0.2, 0.25) is 0 Å². The molecule has 1 N–H and O–H groups in total. The van der Waals surface area contributed by atoms with E-state index < -0.39 is 11.4 Å². The average Bonchev–Trinajstić information content (AvgIpc) is 2.50. The third-order valence-electron chi connectivity index (χ3n) is 7.04. The van der Waals surface area contributed by atoms with Gasteiger partial charge in [-0.15, -0.1) is 4.72 Å². The molecule has 2 aliphatic carbocycles. The van der Waals surface area contributed by atoms with E-state index in [9.17, 15) is 4.55 Å². The molecule has 1 aliphatic heterocycles. The lowest BCUT2D eigenvalue weighted by Crippen LogP contribution is -2.71. The van der Waals surface area contributed by atoms with Crippen LogP contribution in [0.1, 0.15) is 80.1 Å². The Labute approximate surface area is 152 Å². The Kier molecular flexibility index (Phi) is 5.10. The molecule has 4 atom stereocenters. The van der Waals surface area contributed by atoms with Gasteiger partial charge in [0.25, 0.3) is 0 Å². The van der Waals surface area contributed by atoms with Gasteiger partial charge in [-0.1, -0.05) is 12.8 Å². The molecule has 0 amide bonds. The molecule has 3 fully saturated rings. The zero-order valence-corrected chi connectivity index (χ0v) is 17.5. The normalized spacial score (nSPS) is 35.4. The van der Waals surface area contributed by atoms with Gasteiger partial charge in [-0.05, 0) is 97.6 Å². The van der Waals surface area contributed by atoms with Crippen molar-refractivity contribution in [1.29, 1.82) is 0 Å². The highest BCUT2D eigenvalue weighted by molar-refractivity contribution is 7.90. The first-order valence-corrected chi connectivity index (χ1v) is 11.1. The molecule has 2 saturated carbocycles. The lowest BCUT2D eigenvalue weighted by atomic mass is 9.43. The molecule has 140 valence electrons. The highest BCUT2D eigenvalue weighted by Gasteiger charge is 2.63. The minimum Gasteiger partial charge on any atom is -0.598 e. The molecule has 1 spiro atoms. The Balaban J connectivity index is 1.74. The van der Waals surface area contributed by atoms with E-state index >= 15 is 0 Å². The van der Waals surface area contributed by atoms with E-state index in [1.54, 1.807) is 0 Å². The van der Waals surface area contributed by atoms with Crippen molar-refractivity contribution in [2.45, 2.75) is 96.4 Å². The van der Waals surface area contributed by atoms with E-state index in [2.05, 4.69) is 51.2 Å². The van der Waals surface area contributed by atoms with E-state index in [-0.39, 0.29) is 10.3 Å². The third kappa shape index (κ3) is 3.28. The molecule has 3 rings (SSSR count). The summed E-state index contributed by atoms with van der Waals surface area (Å²) in [7, 11) is 0. The van der Waals surface area contributed by atoms with Gasteiger partial charge in [0.15, 0.2) is 0 Å². The van der Waals surface area contributed by atoms with Crippen LogP contribution in [0.5, 0.6) is 0 Å². The third-order valence-corrected chi connectivity index (χ3v) is 8.62. The summed E-state index contributed by atoms with van der Waals surface area (Å²) in [6.07, 6.45) is 8.08. The first-order chi connectivity index (χ1) is 11.1. The van der Waals surface area contributed by atoms with Crippen LogP contribution >= 0.6 is 0 Å².